The Morgan fingerprint density at radius 2 is 2.21 bits per heavy atom. The highest BCUT2D eigenvalue weighted by Gasteiger charge is 2.05. The summed E-state index contributed by atoms with van der Waals surface area (Å²) in [6.07, 6.45) is 1.80. The number of rotatable bonds is 3. The number of benzene rings is 1. The molecule has 3 rings (SSSR count). The van der Waals surface area contributed by atoms with Crippen LogP contribution in [0.5, 0.6) is 0 Å². The third kappa shape index (κ3) is 2.57. The zero-order valence-corrected chi connectivity index (χ0v) is 12.1. The number of hydrogen-bond acceptors (Lipinski definition) is 3. The number of fused-ring (bicyclic) bond motifs is 1. The zero-order valence-electron chi connectivity index (χ0n) is 10.5. The smallest absolute Gasteiger partial charge is 0.0934 e. The largest absolute Gasteiger partial charge is 0.378 e. The molecule has 0 aliphatic carbocycles. The van der Waals surface area contributed by atoms with Crippen LogP contribution >= 0.6 is 22.9 Å². The standard InChI is InChI=1S/C15H13ClN2S/c1-10-4-6-19-14(10)9-18-13-8-12(16)7-11-3-2-5-17-15(11)13/h2-8,18H,9H2,1H3. The molecule has 0 fully saturated rings. The van der Waals surface area contributed by atoms with Gasteiger partial charge in [-0.2, -0.15) is 0 Å². The maximum absolute atomic E-state index is 6.15. The van der Waals surface area contributed by atoms with Gasteiger partial charge in [-0.15, -0.1) is 11.3 Å². The van der Waals surface area contributed by atoms with Gasteiger partial charge in [-0.05, 0) is 42.1 Å². The lowest BCUT2D eigenvalue weighted by molar-refractivity contribution is 1.17. The molecule has 0 atom stereocenters. The topological polar surface area (TPSA) is 24.9 Å². The fraction of sp³-hybridized carbons (Fsp3) is 0.133. The molecule has 0 bridgehead atoms. The first-order valence-electron chi connectivity index (χ1n) is 6.05. The molecule has 19 heavy (non-hydrogen) atoms. The lowest BCUT2D eigenvalue weighted by Crippen LogP contribution is -2.00. The summed E-state index contributed by atoms with van der Waals surface area (Å²) in [5.41, 5.74) is 3.26. The molecule has 1 aromatic carbocycles. The van der Waals surface area contributed by atoms with Crippen molar-refractivity contribution in [2.45, 2.75) is 13.5 Å². The van der Waals surface area contributed by atoms with Gasteiger partial charge >= 0.3 is 0 Å². The van der Waals surface area contributed by atoms with Crippen LogP contribution in [0.15, 0.2) is 41.9 Å². The molecule has 1 N–H and O–H groups in total. The van der Waals surface area contributed by atoms with E-state index in [0.29, 0.717) is 0 Å². The third-order valence-corrected chi connectivity index (χ3v) is 4.32. The molecular formula is C15H13ClN2S. The number of aryl methyl sites for hydroxylation is 1. The van der Waals surface area contributed by atoms with Crippen molar-refractivity contribution in [2.75, 3.05) is 5.32 Å². The van der Waals surface area contributed by atoms with E-state index in [1.54, 1.807) is 17.5 Å². The molecule has 0 aliphatic heterocycles. The van der Waals surface area contributed by atoms with E-state index in [9.17, 15) is 0 Å². The minimum absolute atomic E-state index is 0.728. The second kappa shape index (κ2) is 5.19. The molecule has 2 heterocycles. The van der Waals surface area contributed by atoms with Gasteiger partial charge in [-0.3, -0.25) is 4.98 Å². The van der Waals surface area contributed by atoms with Crippen molar-refractivity contribution >= 4 is 39.5 Å². The Hall–Kier alpha value is -1.58. The Balaban J connectivity index is 1.94. The van der Waals surface area contributed by atoms with Crippen LogP contribution < -0.4 is 5.32 Å². The quantitative estimate of drug-likeness (QED) is 0.744. The summed E-state index contributed by atoms with van der Waals surface area (Å²) in [4.78, 5) is 5.76. The summed E-state index contributed by atoms with van der Waals surface area (Å²) in [6, 6.07) is 9.95. The van der Waals surface area contributed by atoms with Crippen molar-refractivity contribution in [3.8, 4) is 0 Å². The summed E-state index contributed by atoms with van der Waals surface area (Å²) in [7, 11) is 0. The second-order valence-electron chi connectivity index (χ2n) is 4.41. The predicted octanol–water partition coefficient (Wildman–Crippen LogP) is 4.87. The Morgan fingerprint density at radius 3 is 3.00 bits per heavy atom. The fourth-order valence-corrected chi connectivity index (χ4v) is 3.12. The summed E-state index contributed by atoms with van der Waals surface area (Å²) >= 11 is 7.91. The van der Waals surface area contributed by atoms with Crippen molar-refractivity contribution < 1.29 is 0 Å². The highest BCUT2D eigenvalue weighted by Crippen LogP contribution is 2.27. The van der Waals surface area contributed by atoms with Crippen LogP contribution in [0.4, 0.5) is 5.69 Å². The first-order valence-corrected chi connectivity index (χ1v) is 7.31. The third-order valence-electron chi connectivity index (χ3n) is 3.08. The lowest BCUT2D eigenvalue weighted by atomic mass is 10.2. The molecule has 2 nitrogen and oxygen atoms in total. The van der Waals surface area contributed by atoms with Crippen LogP contribution in [0, 0.1) is 6.92 Å². The van der Waals surface area contributed by atoms with Crippen molar-refractivity contribution in [3.05, 3.63) is 57.4 Å². The number of pyridine rings is 1. The van der Waals surface area contributed by atoms with Crippen molar-refractivity contribution in [3.63, 3.8) is 0 Å². The first kappa shape index (κ1) is 12.5. The van der Waals surface area contributed by atoms with E-state index in [2.05, 4.69) is 28.7 Å². The van der Waals surface area contributed by atoms with Gasteiger partial charge in [-0.25, -0.2) is 0 Å². The van der Waals surface area contributed by atoms with Crippen LogP contribution in [0.1, 0.15) is 10.4 Å². The molecule has 4 heteroatoms. The highest BCUT2D eigenvalue weighted by molar-refractivity contribution is 7.10. The van der Waals surface area contributed by atoms with E-state index in [0.717, 1.165) is 28.2 Å². The Bertz CT molecular complexity index is 721. The van der Waals surface area contributed by atoms with Gasteiger partial charge in [0, 0.05) is 28.0 Å². The average molecular weight is 289 g/mol. The summed E-state index contributed by atoms with van der Waals surface area (Å²) in [5.74, 6) is 0. The van der Waals surface area contributed by atoms with Crippen molar-refractivity contribution in [2.24, 2.45) is 0 Å². The second-order valence-corrected chi connectivity index (χ2v) is 5.85. The van der Waals surface area contributed by atoms with Gasteiger partial charge in [0.25, 0.3) is 0 Å². The molecule has 96 valence electrons. The zero-order chi connectivity index (χ0) is 13.2. The minimum atomic E-state index is 0.728. The number of anilines is 1. The van der Waals surface area contributed by atoms with Gasteiger partial charge in [0.2, 0.25) is 0 Å². The molecule has 0 amide bonds. The van der Waals surface area contributed by atoms with Crippen LogP contribution in [0.2, 0.25) is 5.02 Å². The van der Waals surface area contributed by atoms with E-state index in [4.69, 9.17) is 11.6 Å². The van der Waals surface area contributed by atoms with Crippen LogP contribution in [0.3, 0.4) is 0 Å². The predicted molar refractivity (Wildman–Crippen MR) is 83.1 cm³/mol. The van der Waals surface area contributed by atoms with Gasteiger partial charge in [0.15, 0.2) is 0 Å². The molecule has 0 radical (unpaired) electrons. The summed E-state index contributed by atoms with van der Waals surface area (Å²) in [6.45, 7) is 2.93. The molecule has 0 saturated heterocycles. The number of thiophene rings is 1. The molecule has 0 unspecified atom stereocenters. The normalized spacial score (nSPS) is 10.8. The molecule has 2 aromatic heterocycles. The van der Waals surface area contributed by atoms with Gasteiger partial charge in [0.05, 0.1) is 11.2 Å². The number of nitrogens with one attached hydrogen (secondary N) is 1. The number of nitrogens with zero attached hydrogens (tertiary/aromatic N) is 1. The number of aromatic nitrogens is 1. The summed E-state index contributed by atoms with van der Waals surface area (Å²) in [5, 5.41) is 7.33. The van der Waals surface area contributed by atoms with E-state index >= 15 is 0 Å². The highest BCUT2D eigenvalue weighted by atomic mass is 35.5. The van der Waals surface area contributed by atoms with E-state index in [1.807, 2.05) is 24.3 Å². The SMILES string of the molecule is Cc1ccsc1CNc1cc(Cl)cc2cccnc12. The molecule has 3 aromatic rings. The number of hydrogen-bond donors (Lipinski definition) is 1. The Morgan fingerprint density at radius 1 is 1.32 bits per heavy atom. The maximum atomic E-state index is 6.15. The molecular weight excluding hydrogens is 276 g/mol. The first-order chi connectivity index (χ1) is 9.24. The number of halogens is 1. The van der Waals surface area contributed by atoms with Gasteiger partial charge in [0.1, 0.15) is 0 Å². The maximum Gasteiger partial charge on any atom is 0.0934 e. The molecule has 0 saturated carbocycles. The average Bonchev–Trinajstić information content (AvgIpc) is 2.81. The Kier molecular flexibility index (Phi) is 3.40. The Labute approximate surface area is 121 Å². The van der Waals surface area contributed by atoms with Gasteiger partial charge < -0.3 is 5.32 Å². The monoisotopic (exact) mass is 288 g/mol. The summed E-state index contributed by atoms with van der Waals surface area (Å²) < 4.78 is 0. The van der Waals surface area contributed by atoms with Crippen LogP contribution in [-0.2, 0) is 6.54 Å². The van der Waals surface area contributed by atoms with Crippen molar-refractivity contribution in [1.29, 1.82) is 0 Å². The molecule has 0 spiro atoms. The molecule has 0 aliphatic rings. The van der Waals surface area contributed by atoms with Gasteiger partial charge in [-0.1, -0.05) is 17.7 Å². The van der Waals surface area contributed by atoms with E-state index in [1.165, 1.54) is 10.4 Å². The fourth-order valence-electron chi connectivity index (χ4n) is 2.05. The van der Waals surface area contributed by atoms with Crippen LogP contribution in [0.25, 0.3) is 10.9 Å². The van der Waals surface area contributed by atoms with Crippen LogP contribution in [-0.4, -0.2) is 4.98 Å². The minimum Gasteiger partial charge on any atom is -0.378 e. The lowest BCUT2D eigenvalue weighted by Gasteiger charge is -2.09. The van der Waals surface area contributed by atoms with E-state index in [-0.39, 0.29) is 0 Å². The van der Waals surface area contributed by atoms with E-state index < -0.39 is 0 Å². The van der Waals surface area contributed by atoms with Crippen molar-refractivity contribution in [1.82, 2.24) is 4.98 Å².